The molecule has 2 heterocycles. The number of carbonyl (C=O) groups excluding carboxylic acids is 2. The van der Waals surface area contributed by atoms with Crippen molar-refractivity contribution in [3.8, 4) is 0 Å². The molecule has 0 radical (unpaired) electrons. The lowest BCUT2D eigenvalue weighted by molar-refractivity contribution is -0.148. The third-order valence-corrected chi connectivity index (χ3v) is 9.27. The van der Waals surface area contributed by atoms with Crippen molar-refractivity contribution in [1.29, 1.82) is 0 Å². The van der Waals surface area contributed by atoms with E-state index in [0.717, 1.165) is 0 Å². The molecule has 2 fully saturated rings. The first-order chi connectivity index (χ1) is 13.2. The Hall–Kier alpha value is -1.44. The van der Waals surface area contributed by atoms with Gasteiger partial charge in [-0.05, 0) is 38.5 Å². The maximum atomic E-state index is 14.3. The lowest BCUT2D eigenvalue weighted by atomic mass is 10.1. The molecule has 0 aliphatic carbocycles. The van der Waals surface area contributed by atoms with Crippen molar-refractivity contribution in [3.63, 3.8) is 0 Å². The van der Waals surface area contributed by atoms with Gasteiger partial charge in [-0.2, -0.15) is 17.6 Å². The van der Waals surface area contributed by atoms with Crippen LogP contribution in [0.5, 0.6) is 0 Å². The molecule has 2 rings (SSSR count). The molecule has 2 saturated heterocycles. The normalized spacial score (nSPS) is 19.9. The zero-order valence-corrected chi connectivity index (χ0v) is 17.1. The van der Waals surface area contributed by atoms with E-state index in [1.54, 1.807) is 0 Å². The number of alkyl halides is 4. The van der Waals surface area contributed by atoms with E-state index in [2.05, 4.69) is 0 Å². The molecule has 14 heteroatoms. The van der Waals surface area contributed by atoms with E-state index < -0.39 is 47.1 Å². The molecule has 168 valence electrons. The standard InChI is InChI=1S/C15H22F4N2O6S2/c16-14(17,12(22)20-7-3-1-4-8-20)28(24,25)11-29(26,27)15(18,19)13(23)21-9-5-2-6-10-21/h1-11H2. The minimum absolute atomic E-state index is 0.152. The van der Waals surface area contributed by atoms with Crippen LogP contribution in [0, 0.1) is 0 Å². The third kappa shape index (κ3) is 4.67. The number of likely N-dealkylation sites (tertiary alicyclic amines) is 2. The summed E-state index contributed by atoms with van der Waals surface area (Å²) in [6.45, 7) is -0.610. The molecule has 0 spiro atoms. The van der Waals surface area contributed by atoms with Crippen LogP contribution in [0.3, 0.4) is 0 Å². The van der Waals surface area contributed by atoms with Gasteiger partial charge in [0.1, 0.15) is 0 Å². The fourth-order valence-electron chi connectivity index (χ4n) is 3.18. The zero-order valence-electron chi connectivity index (χ0n) is 15.5. The number of amides is 2. The number of sulfone groups is 2. The third-order valence-electron chi connectivity index (χ3n) is 4.88. The topological polar surface area (TPSA) is 109 Å². The first-order valence-electron chi connectivity index (χ1n) is 9.03. The number of carbonyl (C=O) groups is 2. The molecule has 2 aliphatic heterocycles. The SMILES string of the molecule is O=C(N1CCCCC1)C(F)(F)S(=O)(=O)CS(=O)(=O)C(F)(F)C(=O)N1CCCCC1. The monoisotopic (exact) mass is 466 g/mol. The number of hydrogen-bond donors (Lipinski definition) is 0. The van der Waals surface area contributed by atoms with Crippen molar-refractivity contribution in [2.75, 3.05) is 31.3 Å². The molecule has 0 N–H and O–H groups in total. The summed E-state index contributed by atoms with van der Waals surface area (Å²) in [7, 11) is -12.4. The van der Waals surface area contributed by atoms with Crippen molar-refractivity contribution >= 4 is 31.5 Å². The summed E-state index contributed by atoms with van der Waals surface area (Å²) in [5, 5.41) is -13.1. The van der Waals surface area contributed by atoms with Crippen LogP contribution in [0.15, 0.2) is 0 Å². The summed E-state index contributed by atoms with van der Waals surface area (Å²) in [4.78, 5) is 25.0. The molecule has 0 aromatic heterocycles. The second-order valence-corrected chi connectivity index (χ2v) is 11.5. The van der Waals surface area contributed by atoms with Gasteiger partial charge >= 0.3 is 22.3 Å². The summed E-state index contributed by atoms with van der Waals surface area (Å²) in [5.41, 5.74) is 0. The Morgan fingerprint density at radius 2 is 0.897 bits per heavy atom. The fraction of sp³-hybridized carbons (Fsp3) is 0.867. The second kappa shape index (κ2) is 8.36. The Labute approximate surface area is 166 Å². The quantitative estimate of drug-likeness (QED) is 0.540. The van der Waals surface area contributed by atoms with Crippen LogP contribution in [-0.4, -0.2) is 80.2 Å². The molecular formula is C15H22F4N2O6S2. The highest BCUT2D eigenvalue weighted by Crippen LogP contribution is 2.33. The fourth-order valence-corrected chi connectivity index (χ4v) is 6.79. The summed E-state index contributed by atoms with van der Waals surface area (Å²) in [6.07, 6.45) is 2.68. The highest BCUT2D eigenvalue weighted by atomic mass is 32.3. The number of nitrogens with zero attached hydrogens (tertiary/aromatic N) is 2. The summed E-state index contributed by atoms with van der Waals surface area (Å²) >= 11 is 0. The van der Waals surface area contributed by atoms with Gasteiger partial charge in [-0.3, -0.25) is 9.59 Å². The van der Waals surface area contributed by atoms with E-state index in [1.165, 1.54) is 0 Å². The van der Waals surface area contributed by atoms with E-state index in [-0.39, 0.29) is 26.2 Å². The average Bonchev–Trinajstić information content (AvgIpc) is 2.67. The van der Waals surface area contributed by atoms with Crippen LogP contribution < -0.4 is 0 Å². The first kappa shape index (κ1) is 23.8. The van der Waals surface area contributed by atoms with Crippen LogP contribution in [0.4, 0.5) is 17.6 Å². The number of piperidine rings is 2. The van der Waals surface area contributed by atoms with Crippen LogP contribution in [-0.2, 0) is 29.3 Å². The lowest BCUT2D eigenvalue weighted by Gasteiger charge is -2.31. The summed E-state index contributed by atoms with van der Waals surface area (Å²) in [6, 6.07) is 0. The largest absolute Gasteiger partial charge is 0.422 e. The van der Waals surface area contributed by atoms with Gasteiger partial charge in [0.25, 0.3) is 0 Å². The van der Waals surface area contributed by atoms with Crippen LogP contribution in [0.25, 0.3) is 0 Å². The van der Waals surface area contributed by atoms with Crippen molar-refractivity contribution in [3.05, 3.63) is 0 Å². The molecule has 0 bridgehead atoms. The van der Waals surface area contributed by atoms with E-state index >= 15 is 0 Å². The van der Waals surface area contributed by atoms with Crippen molar-refractivity contribution in [2.24, 2.45) is 0 Å². The van der Waals surface area contributed by atoms with E-state index in [4.69, 9.17) is 0 Å². The van der Waals surface area contributed by atoms with Gasteiger partial charge < -0.3 is 9.80 Å². The molecule has 0 aromatic rings. The van der Waals surface area contributed by atoms with Gasteiger partial charge in [0.2, 0.25) is 19.7 Å². The number of rotatable bonds is 6. The zero-order chi connectivity index (χ0) is 22.1. The molecular weight excluding hydrogens is 444 g/mol. The molecule has 0 saturated carbocycles. The maximum absolute atomic E-state index is 14.3. The van der Waals surface area contributed by atoms with Crippen LogP contribution >= 0.6 is 0 Å². The Kier molecular flexibility index (Phi) is 6.87. The molecule has 0 aromatic carbocycles. The summed E-state index contributed by atoms with van der Waals surface area (Å²) in [5.74, 6) is -4.31. The Balaban J connectivity index is 2.23. The van der Waals surface area contributed by atoms with E-state index in [0.29, 0.717) is 48.3 Å². The Bertz CT molecular complexity index is 778. The predicted molar refractivity (Wildman–Crippen MR) is 93.5 cm³/mol. The predicted octanol–water partition coefficient (Wildman–Crippen LogP) is 0.984. The lowest BCUT2D eigenvalue weighted by Crippen LogP contribution is -2.54. The smallest absolute Gasteiger partial charge is 0.337 e. The molecule has 29 heavy (non-hydrogen) atoms. The highest BCUT2D eigenvalue weighted by molar-refractivity contribution is 8.09. The van der Waals surface area contributed by atoms with Gasteiger partial charge in [-0.25, -0.2) is 16.8 Å². The van der Waals surface area contributed by atoms with E-state index in [1.807, 2.05) is 0 Å². The molecule has 0 unspecified atom stereocenters. The first-order valence-corrected chi connectivity index (χ1v) is 12.3. The van der Waals surface area contributed by atoms with Crippen molar-refractivity contribution < 1.29 is 44.0 Å². The van der Waals surface area contributed by atoms with Crippen LogP contribution in [0.1, 0.15) is 38.5 Å². The number of hydrogen-bond acceptors (Lipinski definition) is 6. The second-order valence-electron chi connectivity index (χ2n) is 7.09. The molecule has 8 nitrogen and oxygen atoms in total. The van der Waals surface area contributed by atoms with Gasteiger partial charge in [-0.15, -0.1) is 0 Å². The minimum Gasteiger partial charge on any atom is -0.337 e. The van der Waals surface area contributed by atoms with Crippen LogP contribution in [0.2, 0.25) is 0 Å². The minimum atomic E-state index is -6.18. The Morgan fingerprint density at radius 3 is 1.17 bits per heavy atom. The maximum Gasteiger partial charge on any atom is 0.422 e. The highest BCUT2D eigenvalue weighted by Gasteiger charge is 2.62. The molecule has 2 aliphatic rings. The van der Waals surface area contributed by atoms with E-state index in [9.17, 15) is 44.0 Å². The van der Waals surface area contributed by atoms with Gasteiger partial charge in [0, 0.05) is 26.2 Å². The molecule has 0 atom stereocenters. The van der Waals surface area contributed by atoms with Gasteiger partial charge in [0.05, 0.1) is 0 Å². The van der Waals surface area contributed by atoms with Crippen molar-refractivity contribution in [2.45, 2.75) is 49.0 Å². The molecule has 2 amide bonds. The average molecular weight is 466 g/mol. The number of halogens is 4. The van der Waals surface area contributed by atoms with Gasteiger partial charge in [0.15, 0.2) is 5.08 Å². The summed E-state index contributed by atoms with van der Waals surface area (Å²) < 4.78 is 105. The van der Waals surface area contributed by atoms with Crippen molar-refractivity contribution in [1.82, 2.24) is 9.80 Å². The van der Waals surface area contributed by atoms with Gasteiger partial charge in [-0.1, -0.05) is 0 Å². The Morgan fingerprint density at radius 1 is 0.621 bits per heavy atom.